The largest absolute Gasteiger partial charge is 0.493 e. The van der Waals surface area contributed by atoms with Crippen LogP contribution in [0.3, 0.4) is 0 Å². The second-order valence-electron chi connectivity index (χ2n) is 6.68. The van der Waals surface area contributed by atoms with Crippen LogP contribution in [0.4, 0.5) is 5.69 Å². The van der Waals surface area contributed by atoms with E-state index in [1.165, 1.54) is 5.69 Å². The average Bonchev–Trinajstić information content (AvgIpc) is 2.83. The van der Waals surface area contributed by atoms with Crippen LogP contribution in [0.15, 0.2) is 52.7 Å². The molecule has 1 aliphatic rings. The molecule has 3 rings (SSSR count). The molecule has 0 aromatic heterocycles. The Bertz CT molecular complexity index is 910. The van der Waals surface area contributed by atoms with Gasteiger partial charge in [0, 0.05) is 37.5 Å². The molecule has 0 saturated heterocycles. The highest BCUT2D eigenvalue weighted by atomic mass is 16.5. The van der Waals surface area contributed by atoms with Crippen molar-refractivity contribution in [2.24, 2.45) is 10.2 Å². The summed E-state index contributed by atoms with van der Waals surface area (Å²) in [4.78, 5) is 2.08. The van der Waals surface area contributed by atoms with E-state index in [9.17, 15) is 0 Å². The maximum Gasteiger partial charge on any atom is 0.161 e. The maximum absolute atomic E-state index is 5.47. The zero-order chi connectivity index (χ0) is 19.4. The van der Waals surface area contributed by atoms with Crippen molar-refractivity contribution in [3.63, 3.8) is 0 Å². The molecule has 1 aliphatic heterocycles. The number of hydrogen-bond acceptors (Lipinski definition) is 5. The van der Waals surface area contributed by atoms with Crippen molar-refractivity contribution < 1.29 is 9.47 Å². The van der Waals surface area contributed by atoms with Gasteiger partial charge in [-0.25, -0.2) is 0 Å². The molecule has 0 unspecified atom stereocenters. The van der Waals surface area contributed by atoms with E-state index in [1.54, 1.807) is 14.2 Å². The van der Waals surface area contributed by atoms with Crippen LogP contribution in [-0.2, 0) is 6.42 Å². The highest BCUT2D eigenvalue weighted by molar-refractivity contribution is 6.13. The number of fused-ring (bicyclic) bond motifs is 1. The third-order valence-corrected chi connectivity index (χ3v) is 4.50. The highest BCUT2D eigenvalue weighted by Crippen LogP contribution is 2.32. The number of ether oxygens (including phenoxy) is 2. The smallest absolute Gasteiger partial charge is 0.161 e. The molecule has 2 aromatic rings. The maximum atomic E-state index is 5.47. The Morgan fingerprint density at radius 3 is 2.22 bits per heavy atom. The van der Waals surface area contributed by atoms with Crippen LogP contribution in [0.25, 0.3) is 6.08 Å². The van der Waals surface area contributed by atoms with Crippen molar-refractivity contribution >= 4 is 23.2 Å². The van der Waals surface area contributed by atoms with Gasteiger partial charge in [-0.1, -0.05) is 18.2 Å². The van der Waals surface area contributed by atoms with Gasteiger partial charge < -0.3 is 14.4 Å². The molecule has 5 nitrogen and oxygen atoms in total. The minimum Gasteiger partial charge on any atom is -0.493 e. The van der Waals surface area contributed by atoms with Crippen LogP contribution in [0.5, 0.6) is 11.5 Å². The Hall–Kier alpha value is -3.08. The van der Waals surface area contributed by atoms with Crippen LogP contribution >= 0.6 is 0 Å². The number of methoxy groups -OCH3 is 2. The summed E-state index contributed by atoms with van der Waals surface area (Å²) in [6.07, 6.45) is 4.78. The SMILES string of the molecule is COc1cc2c(cc1OC)C(C=Cc1ccc(N(C)C)cc1)=NN=C(C)C2. The van der Waals surface area contributed by atoms with Gasteiger partial charge in [0.2, 0.25) is 0 Å². The molecule has 5 heteroatoms. The van der Waals surface area contributed by atoms with Crippen LogP contribution < -0.4 is 14.4 Å². The first-order chi connectivity index (χ1) is 13.0. The number of allylic oxidation sites excluding steroid dienone is 1. The number of nitrogens with zero attached hydrogens (tertiary/aromatic N) is 3. The summed E-state index contributed by atoms with van der Waals surface area (Å²) in [7, 11) is 7.35. The van der Waals surface area contributed by atoms with Crippen LogP contribution in [0.2, 0.25) is 0 Å². The lowest BCUT2D eigenvalue weighted by Crippen LogP contribution is -2.07. The van der Waals surface area contributed by atoms with Gasteiger partial charge >= 0.3 is 0 Å². The van der Waals surface area contributed by atoms with Crippen molar-refractivity contribution in [3.8, 4) is 11.5 Å². The summed E-state index contributed by atoms with van der Waals surface area (Å²) < 4.78 is 10.9. The summed E-state index contributed by atoms with van der Waals surface area (Å²) in [5, 5.41) is 8.80. The zero-order valence-electron chi connectivity index (χ0n) is 16.5. The van der Waals surface area contributed by atoms with E-state index in [4.69, 9.17) is 9.47 Å². The van der Waals surface area contributed by atoms with Crippen molar-refractivity contribution in [1.82, 2.24) is 0 Å². The molecular weight excluding hydrogens is 338 g/mol. The van der Waals surface area contributed by atoms with Crippen molar-refractivity contribution in [2.45, 2.75) is 13.3 Å². The van der Waals surface area contributed by atoms with Crippen LogP contribution in [0.1, 0.15) is 23.6 Å². The minimum absolute atomic E-state index is 0.687. The molecule has 1 heterocycles. The van der Waals surface area contributed by atoms with E-state index < -0.39 is 0 Å². The molecule has 0 N–H and O–H groups in total. The van der Waals surface area contributed by atoms with Crippen molar-refractivity contribution in [3.05, 3.63) is 59.2 Å². The fraction of sp³-hybridized carbons (Fsp3) is 0.273. The third-order valence-electron chi connectivity index (χ3n) is 4.50. The molecule has 2 aromatic carbocycles. The molecule has 0 saturated carbocycles. The number of rotatable bonds is 5. The molecule has 0 aliphatic carbocycles. The van der Waals surface area contributed by atoms with Gasteiger partial charge in [-0.15, -0.1) is 0 Å². The predicted octanol–water partition coefficient (Wildman–Crippen LogP) is 4.20. The number of anilines is 1. The second kappa shape index (κ2) is 8.08. The van der Waals surface area contributed by atoms with Crippen LogP contribution in [0, 0.1) is 0 Å². The molecule has 27 heavy (non-hydrogen) atoms. The lowest BCUT2D eigenvalue weighted by atomic mass is 9.97. The Balaban J connectivity index is 1.98. The molecule has 0 bridgehead atoms. The fourth-order valence-corrected chi connectivity index (χ4v) is 2.99. The van der Waals surface area contributed by atoms with Gasteiger partial charge in [0.25, 0.3) is 0 Å². The van der Waals surface area contributed by atoms with Crippen molar-refractivity contribution in [1.29, 1.82) is 0 Å². The van der Waals surface area contributed by atoms with E-state index in [2.05, 4.69) is 45.4 Å². The first-order valence-electron chi connectivity index (χ1n) is 8.83. The van der Waals surface area contributed by atoms with Crippen molar-refractivity contribution in [2.75, 3.05) is 33.2 Å². The van der Waals surface area contributed by atoms with Gasteiger partial charge in [0.05, 0.1) is 19.9 Å². The Morgan fingerprint density at radius 1 is 0.926 bits per heavy atom. The Labute approximate surface area is 160 Å². The molecule has 140 valence electrons. The van der Waals surface area contributed by atoms with Gasteiger partial charge in [0.1, 0.15) is 0 Å². The van der Waals surface area contributed by atoms with E-state index in [1.807, 2.05) is 39.2 Å². The summed E-state index contributed by atoms with van der Waals surface area (Å²) in [6.45, 7) is 1.98. The van der Waals surface area contributed by atoms with E-state index >= 15 is 0 Å². The summed E-state index contributed by atoms with van der Waals surface area (Å²) >= 11 is 0. The molecular formula is C22H25N3O2. The van der Waals surface area contributed by atoms with Gasteiger partial charge in [-0.2, -0.15) is 10.2 Å². The first kappa shape index (κ1) is 18.7. The van der Waals surface area contributed by atoms with Crippen LogP contribution in [-0.4, -0.2) is 39.7 Å². The normalized spacial score (nSPS) is 13.5. The predicted molar refractivity (Wildman–Crippen MR) is 113 cm³/mol. The number of benzene rings is 2. The molecule has 0 spiro atoms. The standard InChI is InChI=1S/C22H25N3O2/c1-15-12-17-13-21(26-4)22(27-5)14-19(17)20(24-23-15)11-8-16-6-9-18(10-7-16)25(2)3/h6-11,13-14H,12H2,1-5H3. The van der Waals surface area contributed by atoms with Gasteiger partial charge in [-0.05, 0) is 48.4 Å². The zero-order valence-corrected chi connectivity index (χ0v) is 16.5. The fourth-order valence-electron chi connectivity index (χ4n) is 2.99. The Morgan fingerprint density at radius 2 is 1.59 bits per heavy atom. The molecule has 0 fully saturated rings. The molecule has 0 radical (unpaired) electrons. The monoisotopic (exact) mass is 363 g/mol. The van der Waals surface area contributed by atoms with E-state index in [-0.39, 0.29) is 0 Å². The lowest BCUT2D eigenvalue weighted by Gasteiger charge is -2.13. The summed E-state index contributed by atoms with van der Waals surface area (Å²) in [6, 6.07) is 12.4. The molecule has 0 amide bonds. The van der Waals surface area contributed by atoms with Gasteiger partial charge in [0.15, 0.2) is 11.5 Å². The molecule has 0 atom stereocenters. The van der Waals surface area contributed by atoms with E-state index in [0.29, 0.717) is 11.5 Å². The quantitative estimate of drug-likeness (QED) is 0.800. The average molecular weight is 363 g/mol. The summed E-state index contributed by atoms with van der Waals surface area (Å²) in [5.41, 5.74) is 6.17. The second-order valence-corrected chi connectivity index (χ2v) is 6.68. The topological polar surface area (TPSA) is 46.4 Å². The highest BCUT2D eigenvalue weighted by Gasteiger charge is 2.17. The number of hydrogen-bond donors (Lipinski definition) is 0. The third kappa shape index (κ3) is 4.19. The minimum atomic E-state index is 0.687. The van der Waals surface area contributed by atoms with E-state index in [0.717, 1.165) is 34.5 Å². The first-order valence-corrected chi connectivity index (χ1v) is 8.83. The Kier molecular flexibility index (Phi) is 5.60. The van der Waals surface area contributed by atoms with Gasteiger partial charge in [-0.3, -0.25) is 0 Å². The lowest BCUT2D eigenvalue weighted by molar-refractivity contribution is 0.354. The summed E-state index contributed by atoms with van der Waals surface area (Å²) in [5.74, 6) is 1.40.